The van der Waals surface area contributed by atoms with Gasteiger partial charge in [-0.25, -0.2) is 5.14 Å². The molecule has 1 fully saturated rings. The fraction of sp³-hybridized carbons (Fsp3) is 0.417. The summed E-state index contributed by atoms with van der Waals surface area (Å²) in [5.74, 6) is -0.0584. The van der Waals surface area contributed by atoms with Crippen LogP contribution in [0.25, 0.3) is 0 Å². The van der Waals surface area contributed by atoms with Gasteiger partial charge in [0.1, 0.15) is 0 Å². The second-order valence-electron chi connectivity index (χ2n) is 4.70. The quantitative estimate of drug-likeness (QED) is 0.709. The average molecular weight is 298 g/mol. The monoisotopic (exact) mass is 298 g/mol. The predicted octanol–water partition coefficient (Wildman–Crippen LogP) is -0.841. The van der Waals surface area contributed by atoms with Gasteiger partial charge in [-0.15, -0.1) is 0 Å². The molecule has 2 rings (SSSR count). The molecule has 1 saturated heterocycles. The largest absolute Gasteiger partial charge is 0.398 e. The standard InChI is InChI=1S/C12H18N4O3S/c13-11-4-2-1-3-10(11)9-12(17)15-5-7-16(8-6-15)20(14,18)19/h1-4H,5-9,13H2,(H2,14,18,19). The molecule has 110 valence electrons. The molecular weight excluding hydrogens is 280 g/mol. The van der Waals surface area contributed by atoms with E-state index in [0.717, 1.165) is 5.56 Å². The molecule has 8 heteroatoms. The molecule has 0 aromatic heterocycles. The zero-order valence-corrected chi connectivity index (χ0v) is 11.8. The normalized spacial score (nSPS) is 17.1. The molecule has 1 aromatic carbocycles. The molecule has 1 heterocycles. The van der Waals surface area contributed by atoms with Gasteiger partial charge in [-0.1, -0.05) is 18.2 Å². The Hall–Kier alpha value is -1.64. The number of hydrogen-bond acceptors (Lipinski definition) is 4. The van der Waals surface area contributed by atoms with E-state index in [2.05, 4.69) is 0 Å². The third kappa shape index (κ3) is 3.47. The summed E-state index contributed by atoms with van der Waals surface area (Å²) in [6, 6.07) is 7.21. The first-order valence-corrected chi connectivity index (χ1v) is 7.77. The summed E-state index contributed by atoms with van der Waals surface area (Å²) in [5.41, 5.74) is 7.17. The molecule has 1 aliphatic rings. The Kier molecular flexibility index (Phi) is 4.26. The minimum absolute atomic E-state index is 0.0584. The van der Waals surface area contributed by atoms with Gasteiger partial charge in [-0.05, 0) is 11.6 Å². The smallest absolute Gasteiger partial charge is 0.277 e. The van der Waals surface area contributed by atoms with Gasteiger partial charge < -0.3 is 10.6 Å². The molecule has 0 atom stereocenters. The highest BCUT2D eigenvalue weighted by atomic mass is 32.2. The van der Waals surface area contributed by atoms with Crippen LogP contribution in [0.5, 0.6) is 0 Å². The Morgan fingerprint density at radius 2 is 1.75 bits per heavy atom. The van der Waals surface area contributed by atoms with Crippen LogP contribution in [0.1, 0.15) is 5.56 Å². The SMILES string of the molecule is Nc1ccccc1CC(=O)N1CCN(S(N)(=O)=O)CC1. The Morgan fingerprint density at radius 3 is 2.30 bits per heavy atom. The summed E-state index contributed by atoms with van der Waals surface area (Å²) >= 11 is 0. The van der Waals surface area contributed by atoms with Gasteiger partial charge >= 0.3 is 0 Å². The van der Waals surface area contributed by atoms with E-state index in [4.69, 9.17) is 10.9 Å². The number of nitrogens with zero attached hydrogens (tertiary/aromatic N) is 2. The topological polar surface area (TPSA) is 110 Å². The van der Waals surface area contributed by atoms with Crippen LogP contribution in [-0.2, 0) is 21.4 Å². The maximum absolute atomic E-state index is 12.1. The zero-order valence-electron chi connectivity index (χ0n) is 11.0. The van der Waals surface area contributed by atoms with E-state index in [1.54, 1.807) is 11.0 Å². The van der Waals surface area contributed by atoms with E-state index in [1.807, 2.05) is 18.2 Å². The molecule has 1 aliphatic heterocycles. The number of amides is 1. The van der Waals surface area contributed by atoms with E-state index < -0.39 is 10.2 Å². The van der Waals surface area contributed by atoms with Crippen LogP contribution in [0, 0.1) is 0 Å². The first-order chi connectivity index (χ1) is 9.38. The fourth-order valence-electron chi connectivity index (χ4n) is 2.16. The summed E-state index contributed by atoms with van der Waals surface area (Å²) in [7, 11) is -3.67. The van der Waals surface area contributed by atoms with Gasteiger partial charge in [0.2, 0.25) is 5.91 Å². The number of anilines is 1. The molecule has 0 unspecified atom stereocenters. The molecule has 1 amide bonds. The molecule has 0 saturated carbocycles. The van der Waals surface area contributed by atoms with Crippen LogP contribution in [0.4, 0.5) is 5.69 Å². The van der Waals surface area contributed by atoms with Crippen LogP contribution in [-0.4, -0.2) is 49.7 Å². The number of nitrogens with two attached hydrogens (primary N) is 2. The van der Waals surface area contributed by atoms with Crippen molar-refractivity contribution >= 4 is 21.8 Å². The molecule has 20 heavy (non-hydrogen) atoms. The van der Waals surface area contributed by atoms with Gasteiger partial charge in [-0.2, -0.15) is 12.7 Å². The van der Waals surface area contributed by atoms with Crippen molar-refractivity contribution in [2.45, 2.75) is 6.42 Å². The first-order valence-electron chi connectivity index (χ1n) is 6.27. The van der Waals surface area contributed by atoms with Crippen molar-refractivity contribution in [2.75, 3.05) is 31.9 Å². The fourth-order valence-corrected chi connectivity index (χ4v) is 2.83. The van der Waals surface area contributed by atoms with Crippen molar-refractivity contribution in [1.29, 1.82) is 0 Å². The predicted molar refractivity (Wildman–Crippen MR) is 75.8 cm³/mol. The van der Waals surface area contributed by atoms with Crippen LogP contribution < -0.4 is 10.9 Å². The van der Waals surface area contributed by atoms with Gasteiger partial charge in [0, 0.05) is 31.9 Å². The Bertz CT molecular complexity index is 594. The summed E-state index contributed by atoms with van der Waals surface area (Å²) in [6.45, 7) is 1.16. The molecule has 4 N–H and O–H groups in total. The number of benzene rings is 1. The molecule has 0 radical (unpaired) electrons. The lowest BCUT2D eigenvalue weighted by molar-refractivity contribution is -0.131. The molecule has 1 aromatic rings. The molecule has 0 bridgehead atoms. The first kappa shape index (κ1) is 14.8. The van der Waals surface area contributed by atoms with Crippen molar-refractivity contribution in [3.8, 4) is 0 Å². The zero-order chi connectivity index (χ0) is 14.8. The van der Waals surface area contributed by atoms with E-state index in [0.29, 0.717) is 18.8 Å². The van der Waals surface area contributed by atoms with E-state index in [9.17, 15) is 13.2 Å². The van der Waals surface area contributed by atoms with Gasteiger partial charge in [0.05, 0.1) is 6.42 Å². The Labute approximate surface area is 118 Å². The number of hydrogen-bond donors (Lipinski definition) is 2. The number of para-hydroxylation sites is 1. The van der Waals surface area contributed by atoms with Crippen LogP contribution in [0.15, 0.2) is 24.3 Å². The van der Waals surface area contributed by atoms with E-state index >= 15 is 0 Å². The molecule has 7 nitrogen and oxygen atoms in total. The van der Waals surface area contributed by atoms with Gasteiger partial charge in [-0.3, -0.25) is 4.79 Å². The summed E-state index contributed by atoms with van der Waals surface area (Å²) in [5, 5.41) is 5.05. The van der Waals surface area contributed by atoms with Crippen LogP contribution >= 0.6 is 0 Å². The highest BCUT2D eigenvalue weighted by Crippen LogP contribution is 2.13. The lowest BCUT2D eigenvalue weighted by Crippen LogP contribution is -2.52. The van der Waals surface area contributed by atoms with E-state index in [-0.39, 0.29) is 25.4 Å². The van der Waals surface area contributed by atoms with Crippen LogP contribution in [0.3, 0.4) is 0 Å². The van der Waals surface area contributed by atoms with Crippen molar-refractivity contribution in [1.82, 2.24) is 9.21 Å². The van der Waals surface area contributed by atoms with Crippen molar-refractivity contribution in [2.24, 2.45) is 5.14 Å². The van der Waals surface area contributed by atoms with Crippen molar-refractivity contribution in [3.05, 3.63) is 29.8 Å². The highest BCUT2D eigenvalue weighted by molar-refractivity contribution is 7.86. The summed E-state index contributed by atoms with van der Waals surface area (Å²) in [4.78, 5) is 13.8. The minimum atomic E-state index is -3.67. The Morgan fingerprint density at radius 1 is 1.15 bits per heavy atom. The third-order valence-electron chi connectivity index (χ3n) is 3.35. The van der Waals surface area contributed by atoms with E-state index in [1.165, 1.54) is 4.31 Å². The maximum Gasteiger partial charge on any atom is 0.277 e. The Balaban J connectivity index is 1.94. The van der Waals surface area contributed by atoms with Crippen molar-refractivity contribution in [3.63, 3.8) is 0 Å². The summed E-state index contributed by atoms with van der Waals surface area (Å²) < 4.78 is 23.5. The second kappa shape index (κ2) is 5.78. The highest BCUT2D eigenvalue weighted by Gasteiger charge is 2.26. The van der Waals surface area contributed by atoms with Crippen LogP contribution in [0.2, 0.25) is 0 Å². The molecule has 0 spiro atoms. The average Bonchev–Trinajstić information content (AvgIpc) is 2.40. The van der Waals surface area contributed by atoms with Crippen molar-refractivity contribution < 1.29 is 13.2 Å². The minimum Gasteiger partial charge on any atom is -0.398 e. The third-order valence-corrected chi connectivity index (χ3v) is 4.43. The number of piperazine rings is 1. The number of carbonyl (C=O) groups is 1. The van der Waals surface area contributed by atoms with Gasteiger partial charge in [0.25, 0.3) is 10.2 Å². The number of nitrogen functional groups attached to an aromatic ring is 1. The lowest BCUT2D eigenvalue weighted by Gasteiger charge is -2.33. The maximum atomic E-state index is 12.1. The molecule has 0 aliphatic carbocycles. The number of rotatable bonds is 3. The number of carbonyl (C=O) groups excluding carboxylic acids is 1. The second-order valence-corrected chi connectivity index (χ2v) is 6.25. The van der Waals surface area contributed by atoms with Gasteiger partial charge in [0.15, 0.2) is 0 Å². The lowest BCUT2D eigenvalue weighted by atomic mass is 10.1. The molecular formula is C12H18N4O3S. The summed E-state index contributed by atoms with van der Waals surface area (Å²) in [6.07, 6.45) is 0.224.